The number of hydrogen-bond acceptors (Lipinski definition) is 3. The van der Waals surface area contributed by atoms with Crippen LogP contribution in [0.4, 0.5) is 10.5 Å². The number of urea groups is 1. The van der Waals surface area contributed by atoms with Crippen molar-refractivity contribution in [3.8, 4) is 0 Å². The van der Waals surface area contributed by atoms with Crippen LogP contribution in [0.3, 0.4) is 0 Å². The summed E-state index contributed by atoms with van der Waals surface area (Å²) in [4.78, 5) is 14.7. The van der Waals surface area contributed by atoms with Gasteiger partial charge in [0.15, 0.2) is 0 Å². The highest BCUT2D eigenvalue weighted by molar-refractivity contribution is 6.02. The Morgan fingerprint density at radius 3 is 2.96 bits per heavy atom. The molecule has 0 bridgehead atoms. The van der Waals surface area contributed by atoms with E-state index in [2.05, 4.69) is 27.7 Å². The fraction of sp³-hybridized carbons (Fsp3) is 0.476. The predicted octanol–water partition coefficient (Wildman–Crippen LogP) is 3.36. The number of rotatable bonds is 6. The van der Waals surface area contributed by atoms with Crippen molar-refractivity contribution >= 4 is 22.5 Å². The Morgan fingerprint density at radius 1 is 1.27 bits per heavy atom. The first-order valence-corrected chi connectivity index (χ1v) is 9.54. The van der Waals surface area contributed by atoms with Crippen molar-refractivity contribution in [2.24, 2.45) is 5.92 Å². The Labute approximate surface area is 155 Å². The highest BCUT2D eigenvalue weighted by atomic mass is 16.3. The van der Waals surface area contributed by atoms with Crippen LogP contribution in [0.15, 0.2) is 36.4 Å². The molecular formula is C21H29N3O2. The minimum Gasteiger partial charge on any atom is -0.396 e. The molecule has 0 unspecified atom stereocenters. The lowest BCUT2D eigenvalue weighted by atomic mass is 9.99. The molecule has 1 aliphatic rings. The summed E-state index contributed by atoms with van der Waals surface area (Å²) < 4.78 is 0. The first-order chi connectivity index (χ1) is 12.7. The summed E-state index contributed by atoms with van der Waals surface area (Å²) in [6, 6.07) is 12.0. The van der Waals surface area contributed by atoms with Crippen LogP contribution in [-0.2, 0) is 0 Å². The van der Waals surface area contributed by atoms with Gasteiger partial charge in [0.05, 0.1) is 5.69 Å². The average Bonchev–Trinajstić information content (AvgIpc) is 2.68. The molecule has 0 radical (unpaired) electrons. The molecule has 0 saturated carbocycles. The molecule has 1 saturated heterocycles. The van der Waals surface area contributed by atoms with Crippen LogP contribution in [0.5, 0.6) is 0 Å². The van der Waals surface area contributed by atoms with Crippen molar-refractivity contribution < 1.29 is 9.90 Å². The average molecular weight is 355 g/mol. The number of carbonyl (C=O) groups excluding carboxylic acids is 1. The van der Waals surface area contributed by atoms with E-state index in [1.807, 2.05) is 31.2 Å². The van der Waals surface area contributed by atoms with E-state index in [-0.39, 0.29) is 12.6 Å². The van der Waals surface area contributed by atoms with Gasteiger partial charge in [0.1, 0.15) is 0 Å². The molecule has 1 heterocycles. The van der Waals surface area contributed by atoms with Gasteiger partial charge in [-0.2, -0.15) is 0 Å². The molecule has 2 amide bonds. The Kier molecular flexibility index (Phi) is 6.47. The summed E-state index contributed by atoms with van der Waals surface area (Å²) in [5.41, 5.74) is 1.93. The molecule has 140 valence electrons. The molecule has 2 aromatic carbocycles. The van der Waals surface area contributed by atoms with E-state index in [9.17, 15) is 9.90 Å². The molecule has 5 nitrogen and oxygen atoms in total. The fourth-order valence-electron chi connectivity index (χ4n) is 3.71. The summed E-state index contributed by atoms with van der Waals surface area (Å²) in [7, 11) is 0. The number of benzene rings is 2. The number of aryl methyl sites for hydroxylation is 1. The number of likely N-dealkylation sites (tertiary alicyclic amines) is 1. The third kappa shape index (κ3) is 4.74. The fourth-order valence-corrected chi connectivity index (χ4v) is 3.71. The zero-order valence-electron chi connectivity index (χ0n) is 15.5. The summed E-state index contributed by atoms with van der Waals surface area (Å²) in [5, 5.41) is 17.5. The predicted molar refractivity (Wildman–Crippen MR) is 107 cm³/mol. The second-order valence-corrected chi connectivity index (χ2v) is 7.20. The molecule has 3 rings (SSSR count). The molecule has 0 aliphatic carbocycles. The summed E-state index contributed by atoms with van der Waals surface area (Å²) in [5.74, 6) is 0.411. The van der Waals surface area contributed by atoms with Crippen LogP contribution in [0, 0.1) is 12.8 Å². The highest BCUT2D eigenvalue weighted by Gasteiger charge is 2.18. The number of amides is 2. The topological polar surface area (TPSA) is 64.6 Å². The lowest BCUT2D eigenvalue weighted by molar-refractivity contribution is 0.120. The largest absolute Gasteiger partial charge is 0.396 e. The van der Waals surface area contributed by atoms with Gasteiger partial charge in [-0.05, 0) is 56.1 Å². The first-order valence-electron chi connectivity index (χ1n) is 9.54. The number of carbonyl (C=O) groups is 1. The van der Waals surface area contributed by atoms with Crippen molar-refractivity contribution in [1.29, 1.82) is 0 Å². The van der Waals surface area contributed by atoms with Gasteiger partial charge < -0.3 is 20.6 Å². The summed E-state index contributed by atoms with van der Waals surface area (Å²) in [6.07, 6.45) is 3.19. The SMILES string of the molecule is Cc1ccc2ccccc2c1NC(=O)NCCCN1CCC[C@@H](CO)C1. The van der Waals surface area contributed by atoms with E-state index in [1.54, 1.807) is 0 Å². The van der Waals surface area contributed by atoms with Gasteiger partial charge >= 0.3 is 6.03 Å². The number of nitrogens with one attached hydrogen (secondary N) is 2. The zero-order chi connectivity index (χ0) is 18.4. The Morgan fingerprint density at radius 2 is 2.12 bits per heavy atom. The lowest BCUT2D eigenvalue weighted by Gasteiger charge is -2.31. The van der Waals surface area contributed by atoms with E-state index in [0.717, 1.165) is 60.9 Å². The third-order valence-electron chi connectivity index (χ3n) is 5.17. The van der Waals surface area contributed by atoms with E-state index >= 15 is 0 Å². The molecule has 1 aliphatic heterocycles. The molecule has 26 heavy (non-hydrogen) atoms. The molecule has 1 fully saturated rings. The third-order valence-corrected chi connectivity index (χ3v) is 5.17. The minimum absolute atomic E-state index is 0.156. The number of aliphatic hydroxyl groups is 1. The van der Waals surface area contributed by atoms with Gasteiger partial charge in [0, 0.05) is 25.1 Å². The van der Waals surface area contributed by atoms with Gasteiger partial charge in [-0.1, -0.05) is 36.4 Å². The summed E-state index contributed by atoms with van der Waals surface area (Å²) in [6.45, 7) is 5.97. The minimum atomic E-state index is -0.156. The van der Waals surface area contributed by atoms with Gasteiger partial charge in [0.25, 0.3) is 0 Å². The number of anilines is 1. The smallest absolute Gasteiger partial charge is 0.319 e. The Balaban J connectivity index is 1.47. The molecule has 0 spiro atoms. The number of hydrogen-bond donors (Lipinski definition) is 3. The maximum atomic E-state index is 12.3. The second-order valence-electron chi connectivity index (χ2n) is 7.20. The quantitative estimate of drug-likeness (QED) is 0.696. The van der Waals surface area contributed by atoms with Crippen LogP contribution in [0.1, 0.15) is 24.8 Å². The van der Waals surface area contributed by atoms with Crippen LogP contribution in [-0.4, -0.2) is 48.8 Å². The Bertz CT molecular complexity index is 747. The van der Waals surface area contributed by atoms with E-state index in [0.29, 0.717) is 12.5 Å². The second kappa shape index (κ2) is 9.01. The molecule has 2 aromatic rings. The molecule has 0 aromatic heterocycles. The van der Waals surface area contributed by atoms with Gasteiger partial charge in [-0.25, -0.2) is 4.79 Å². The van der Waals surface area contributed by atoms with Crippen LogP contribution >= 0.6 is 0 Å². The van der Waals surface area contributed by atoms with Crippen molar-refractivity contribution in [1.82, 2.24) is 10.2 Å². The molecule has 3 N–H and O–H groups in total. The summed E-state index contributed by atoms with van der Waals surface area (Å²) >= 11 is 0. The monoisotopic (exact) mass is 355 g/mol. The molecule has 1 atom stereocenters. The first kappa shape index (κ1) is 18.7. The zero-order valence-corrected chi connectivity index (χ0v) is 15.5. The maximum absolute atomic E-state index is 12.3. The standard InChI is InChI=1S/C21H29N3O2/c1-16-9-10-18-7-2-3-8-19(18)20(16)23-21(26)22-11-5-13-24-12-4-6-17(14-24)15-25/h2-3,7-10,17,25H,4-6,11-15H2,1H3,(H2,22,23,26)/t17-/m1/s1. The highest BCUT2D eigenvalue weighted by Crippen LogP contribution is 2.26. The van der Waals surface area contributed by atoms with Crippen LogP contribution < -0.4 is 10.6 Å². The van der Waals surface area contributed by atoms with Crippen molar-refractivity contribution in [3.63, 3.8) is 0 Å². The lowest BCUT2D eigenvalue weighted by Crippen LogP contribution is -2.39. The van der Waals surface area contributed by atoms with Gasteiger partial charge in [-0.3, -0.25) is 0 Å². The van der Waals surface area contributed by atoms with Crippen LogP contribution in [0.2, 0.25) is 0 Å². The van der Waals surface area contributed by atoms with Crippen molar-refractivity contribution in [2.45, 2.75) is 26.2 Å². The van der Waals surface area contributed by atoms with Gasteiger partial charge in [0.2, 0.25) is 0 Å². The number of fused-ring (bicyclic) bond motifs is 1. The van der Waals surface area contributed by atoms with E-state index in [4.69, 9.17) is 0 Å². The van der Waals surface area contributed by atoms with Crippen molar-refractivity contribution in [2.75, 3.05) is 38.1 Å². The van der Waals surface area contributed by atoms with Crippen LogP contribution in [0.25, 0.3) is 10.8 Å². The number of aliphatic hydroxyl groups excluding tert-OH is 1. The normalized spacial score (nSPS) is 18.0. The van der Waals surface area contributed by atoms with Crippen molar-refractivity contribution in [3.05, 3.63) is 42.0 Å². The maximum Gasteiger partial charge on any atom is 0.319 e. The number of nitrogens with zero attached hydrogens (tertiary/aromatic N) is 1. The molecular weight excluding hydrogens is 326 g/mol. The van der Waals surface area contributed by atoms with E-state index < -0.39 is 0 Å². The van der Waals surface area contributed by atoms with Gasteiger partial charge in [-0.15, -0.1) is 0 Å². The number of piperidine rings is 1. The Hall–Kier alpha value is -2.11. The molecule has 5 heteroatoms. The van der Waals surface area contributed by atoms with E-state index in [1.165, 1.54) is 0 Å².